The molecule has 3 aromatic rings. The van der Waals surface area contributed by atoms with Crippen LogP contribution in [0.2, 0.25) is 0 Å². The zero-order valence-electron chi connectivity index (χ0n) is 23.9. The summed E-state index contributed by atoms with van der Waals surface area (Å²) < 4.78 is 19.4. The van der Waals surface area contributed by atoms with Gasteiger partial charge in [-0.1, -0.05) is 22.0 Å². The van der Waals surface area contributed by atoms with E-state index >= 15 is 0 Å². The molecular weight excluding hydrogens is 606 g/mol. The minimum atomic E-state index is -0.760. The van der Waals surface area contributed by atoms with Gasteiger partial charge in [0, 0.05) is 32.8 Å². The first-order valence-corrected chi connectivity index (χ1v) is 13.9. The Bertz CT molecular complexity index is 1560. The van der Waals surface area contributed by atoms with Crippen LogP contribution in [-0.2, 0) is 14.3 Å². The highest BCUT2D eigenvalue weighted by Gasteiger charge is 2.32. The molecule has 0 spiro atoms. The average Bonchev–Trinajstić information content (AvgIpc) is 3.24. The van der Waals surface area contributed by atoms with E-state index in [1.165, 1.54) is 7.11 Å². The van der Waals surface area contributed by atoms with Crippen LogP contribution in [0, 0.1) is 13.8 Å². The Kier molecular flexibility index (Phi) is 9.68. The van der Waals surface area contributed by atoms with Crippen molar-refractivity contribution in [2.24, 2.45) is 5.10 Å². The number of benzene rings is 2. The van der Waals surface area contributed by atoms with E-state index in [1.54, 1.807) is 38.3 Å². The summed E-state index contributed by atoms with van der Waals surface area (Å²) in [5, 5.41) is 9.44. The van der Waals surface area contributed by atoms with Crippen molar-refractivity contribution in [2.75, 3.05) is 20.3 Å². The molecule has 0 bridgehead atoms. The van der Waals surface area contributed by atoms with Gasteiger partial charge in [-0.15, -0.1) is 0 Å². The van der Waals surface area contributed by atoms with Crippen molar-refractivity contribution in [1.82, 2.24) is 20.6 Å². The van der Waals surface area contributed by atoms with E-state index in [0.717, 1.165) is 27.1 Å². The number of carbonyl (C=O) groups is 3. The van der Waals surface area contributed by atoms with Gasteiger partial charge in [0.1, 0.15) is 0 Å². The molecule has 1 aliphatic heterocycles. The molecule has 1 aliphatic rings. The van der Waals surface area contributed by atoms with Crippen LogP contribution in [0.15, 0.2) is 69.4 Å². The normalized spacial score (nSPS) is 14.8. The highest BCUT2D eigenvalue weighted by atomic mass is 79.9. The largest absolute Gasteiger partial charge is 0.493 e. The zero-order chi connectivity index (χ0) is 30.4. The summed E-state index contributed by atoms with van der Waals surface area (Å²) in [6.07, 6.45) is 1.59. The van der Waals surface area contributed by atoms with Crippen LogP contribution in [0.4, 0.5) is 4.79 Å². The molecule has 3 amide bonds. The van der Waals surface area contributed by atoms with Gasteiger partial charge in [0.15, 0.2) is 18.1 Å². The van der Waals surface area contributed by atoms with E-state index in [-0.39, 0.29) is 18.8 Å². The number of halogens is 1. The molecular formula is C30H32BrN5O6. The number of hydrazone groups is 1. The zero-order valence-corrected chi connectivity index (χ0v) is 25.5. The number of rotatable bonds is 10. The summed E-state index contributed by atoms with van der Waals surface area (Å²) in [7, 11) is 1.45. The highest BCUT2D eigenvalue weighted by Crippen LogP contribution is 2.34. The first-order valence-electron chi connectivity index (χ1n) is 13.2. The molecule has 42 heavy (non-hydrogen) atoms. The summed E-state index contributed by atoms with van der Waals surface area (Å²) >= 11 is 3.46. The number of aromatic nitrogens is 1. The molecule has 12 heteroatoms. The number of allylic oxidation sites excluding steroid dienone is 1. The summed E-state index contributed by atoms with van der Waals surface area (Å²) in [4.78, 5) is 37.2. The van der Waals surface area contributed by atoms with Crippen LogP contribution < -0.4 is 25.5 Å². The minimum absolute atomic E-state index is 0.191. The average molecular weight is 639 g/mol. The molecule has 0 aliphatic carbocycles. The summed E-state index contributed by atoms with van der Waals surface area (Å²) in [6.45, 7) is 7.20. The van der Waals surface area contributed by atoms with E-state index < -0.39 is 23.9 Å². The molecule has 1 aromatic heterocycles. The van der Waals surface area contributed by atoms with Gasteiger partial charge in [-0.3, -0.25) is 4.79 Å². The fourth-order valence-corrected chi connectivity index (χ4v) is 4.93. The Labute approximate surface area is 252 Å². The molecule has 11 nitrogen and oxygen atoms in total. The van der Waals surface area contributed by atoms with Crippen LogP contribution >= 0.6 is 15.9 Å². The van der Waals surface area contributed by atoms with Crippen LogP contribution in [-0.4, -0.2) is 49.0 Å². The third-order valence-electron chi connectivity index (χ3n) is 6.59. The maximum absolute atomic E-state index is 12.6. The van der Waals surface area contributed by atoms with E-state index in [9.17, 15) is 14.4 Å². The van der Waals surface area contributed by atoms with Gasteiger partial charge in [-0.25, -0.2) is 15.0 Å². The number of nitrogens with zero attached hydrogens (tertiary/aromatic N) is 2. The van der Waals surface area contributed by atoms with E-state index in [2.05, 4.69) is 41.7 Å². The minimum Gasteiger partial charge on any atom is -0.493 e. The van der Waals surface area contributed by atoms with E-state index in [4.69, 9.17) is 14.2 Å². The SMILES string of the molecule is CCOC(=O)C1=C(C)NC(=O)N[C@@H]1c1ccc(OCC(=O)N/N=C\c2cc(C)n(-c3ccc(Br)cc3)c2C)c(OC)c1. The van der Waals surface area contributed by atoms with Crippen molar-refractivity contribution in [3.05, 3.63) is 86.8 Å². The Morgan fingerprint density at radius 3 is 2.52 bits per heavy atom. The molecule has 220 valence electrons. The fourth-order valence-electron chi connectivity index (χ4n) is 4.66. The summed E-state index contributed by atoms with van der Waals surface area (Å²) in [6, 6.07) is 13.7. The second-order valence-electron chi connectivity index (χ2n) is 9.42. The van der Waals surface area contributed by atoms with Gasteiger partial charge in [-0.2, -0.15) is 5.10 Å². The number of nitrogens with one attached hydrogen (secondary N) is 3. The Morgan fingerprint density at radius 2 is 1.83 bits per heavy atom. The van der Waals surface area contributed by atoms with Crippen LogP contribution in [0.3, 0.4) is 0 Å². The number of ether oxygens (including phenoxy) is 3. The van der Waals surface area contributed by atoms with E-state index in [0.29, 0.717) is 22.8 Å². The van der Waals surface area contributed by atoms with Gasteiger partial charge >= 0.3 is 12.0 Å². The topological polar surface area (TPSA) is 132 Å². The number of hydrogen-bond donors (Lipinski definition) is 3. The summed E-state index contributed by atoms with van der Waals surface area (Å²) in [5.41, 5.74) is 7.64. The number of aryl methyl sites for hydroxylation is 1. The molecule has 2 heterocycles. The van der Waals surface area contributed by atoms with Crippen molar-refractivity contribution in [2.45, 2.75) is 33.7 Å². The summed E-state index contributed by atoms with van der Waals surface area (Å²) in [5.74, 6) is -0.387. The molecule has 4 rings (SSSR count). The molecule has 0 saturated carbocycles. The number of carbonyl (C=O) groups excluding carboxylic acids is 3. The second-order valence-corrected chi connectivity index (χ2v) is 10.3. The predicted octanol–water partition coefficient (Wildman–Crippen LogP) is 4.59. The third kappa shape index (κ3) is 6.82. The molecule has 2 aromatic carbocycles. The number of hydrogen-bond acceptors (Lipinski definition) is 7. The Balaban J connectivity index is 1.41. The quantitative estimate of drug-likeness (QED) is 0.169. The Hall–Kier alpha value is -4.58. The lowest BCUT2D eigenvalue weighted by molar-refractivity contribution is -0.139. The highest BCUT2D eigenvalue weighted by molar-refractivity contribution is 9.10. The van der Waals surface area contributed by atoms with E-state index in [1.807, 2.05) is 44.2 Å². The second kappa shape index (κ2) is 13.4. The smallest absolute Gasteiger partial charge is 0.338 e. The standard InChI is InChI=1S/C30H32BrN5O6/c1-6-41-29(38)27-18(3)33-30(39)34-28(27)20-7-12-24(25(14-20)40-5)42-16-26(37)35-32-15-21-13-17(2)36(19(21)4)23-10-8-22(31)9-11-23/h7-15,28H,6,16H2,1-5H3,(H,35,37)(H2,33,34,39)/b32-15-/t28-/m1/s1. The lowest BCUT2D eigenvalue weighted by Gasteiger charge is -2.28. The lowest BCUT2D eigenvalue weighted by atomic mass is 9.95. The van der Waals surface area contributed by atoms with Gasteiger partial charge < -0.3 is 29.4 Å². The molecule has 0 fully saturated rings. The third-order valence-corrected chi connectivity index (χ3v) is 7.12. The molecule has 0 unspecified atom stereocenters. The molecule has 3 N–H and O–H groups in total. The van der Waals surface area contributed by atoms with Gasteiger partial charge in [0.2, 0.25) is 0 Å². The van der Waals surface area contributed by atoms with Crippen molar-refractivity contribution in [3.63, 3.8) is 0 Å². The fraction of sp³-hybridized carbons (Fsp3) is 0.267. The van der Waals surface area contributed by atoms with Crippen LogP contribution in [0.25, 0.3) is 5.69 Å². The van der Waals surface area contributed by atoms with Crippen molar-refractivity contribution in [1.29, 1.82) is 0 Å². The van der Waals surface area contributed by atoms with Crippen LogP contribution in [0.5, 0.6) is 11.5 Å². The van der Waals surface area contributed by atoms with Gasteiger partial charge in [0.05, 0.1) is 31.5 Å². The number of esters is 1. The van der Waals surface area contributed by atoms with Crippen molar-refractivity contribution < 1.29 is 28.6 Å². The van der Waals surface area contributed by atoms with Crippen molar-refractivity contribution >= 4 is 40.1 Å². The van der Waals surface area contributed by atoms with Gasteiger partial charge in [-0.05, 0) is 75.7 Å². The Morgan fingerprint density at radius 1 is 1.10 bits per heavy atom. The van der Waals surface area contributed by atoms with Crippen LogP contribution in [0.1, 0.15) is 42.4 Å². The van der Waals surface area contributed by atoms with Crippen molar-refractivity contribution in [3.8, 4) is 17.2 Å². The first-order chi connectivity index (χ1) is 20.1. The lowest BCUT2D eigenvalue weighted by Crippen LogP contribution is -2.45. The molecule has 0 radical (unpaired) electrons. The first kappa shape index (κ1) is 30.4. The molecule has 0 saturated heterocycles. The number of amides is 3. The monoisotopic (exact) mass is 637 g/mol. The maximum Gasteiger partial charge on any atom is 0.338 e. The molecule has 1 atom stereocenters. The maximum atomic E-state index is 12.6. The predicted molar refractivity (Wildman–Crippen MR) is 161 cm³/mol. The van der Waals surface area contributed by atoms with Gasteiger partial charge in [0.25, 0.3) is 5.91 Å². The number of methoxy groups -OCH3 is 1. The number of urea groups is 1.